The van der Waals surface area contributed by atoms with Crippen LogP contribution in [0.15, 0.2) is 18.2 Å². The topological polar surface area (TPSA) is 26.7 Å². The van der Waals surface area contributed by atoms with E-state index in [0.29, 0.717) is 0 Å². The molecule has 21 heavy (non-hydrogen) atoms. The molecule has 0 amide bonds. The number of hydrogen-bond donors (Lipinski definition) is 1. The van der Waals surface area contributed by atoms with Gasteiger partial charge >= 0.3 is 0 Å². The number of aliphatic hydroxyl groups is 1. The Bertz CT molecular complexity index is 484. The lowest BCUT2D eigenvalue weighted by Gasteiger charge is -2.37. The largest absolute Gasteiger partial charge is 0.389 e. The Morgan fingerprint density at radius 2 is 1.67 bits per heavy atom. The minimum Gasteiger partial charge on any atom is -0.389 e. The highest BCUT2D eigenvalue weighted by Crippen LogP contribution is 2.23. The minimum atomic E-state index is -0.581. The van der Waals surface area contributed by atoms with Gasteiger partial charge in [0.25, 0.3) is 0 Å². The van der Waals surface area contributed by atoms with Gasteiger partial charge in [-0.2, -0.15) is 0 Å². The number of β-amino-alcohol motifs (C(OH)–C–C–N with tert-alkyl or cyclic N) is 1. The highest BCUT2D eigenvalue weighted by Gasteiger charge is 2.22. The van der Waals surface area contributed by atoms with Crippen LogP contribution in [0.25, 0.3) is 0 Å². The third-order valence-corrected chi connectivity index (χ3v) is 4.64. The molecule has 2 aliphatic rings. The van der Waals surface area contributed by atoms with Crippen molar-refractivity contribution in [2.75, 3.05) is 32.7 Å². The quantitative estimate of drug-likeness (QED) is 0.919. The summed E-state index contributed by atoms with van der Waals surface area (Å²) in [6.07, 6.45) is 3.86. The van der Waals surface area contributed by atoms with E-state index in [-0.39, 0.29) is 0 Å². The van der Waals surface area contributed by atoms with Gasteiger partial charge in [0.15, 0.2) is 0 Å². The Morgan fingerprint density at radius 1 is 1.00 bits per heavy atom. The summed E-state index contributed by atoms with van der Waals surface area (Å²) in [4.78, 5) is 4.91. The molecule has 1 aromatic carbocycles. The molecule has 1 aliphatic carbocycles. The van der Waals surface area contributed by atoms with E-state index in [1.165, 1.54) is 24.8 Å². The number of piperazine rings is 1. The molecule has 3 rings (SSSR count). The number of benzene rings is 1. The molecule has 0 atom stereocenters. The molecule has 1 heterocycles. The highest BCUT2D eigenvalue weighted by atomic mass is 16.3. The summed E-state index contributed by atoms with van der Waals surface area (Å²) < 4.78 is 0. The van der Waals surface area contributed by atoms with Crippen molar-refractivity contribution in [3.05, 3.63) is 34.9 Å². The molecule has 0 unspecified atom stereocenters. The molecule has 0 spiro atoms. The number of hydrogen-bond acceptors (Lipinski definition) is 3. The number of fused-ring (bicyclic) bond motifs is 1. The van der Waals surface area contributed by atoms with Crippen LogP contribution in [-0.4, -0.2) is 53.2 Å². The maximum atomic E-state index is 9.91. The summed E-state index contributed by atoms with van der Waals surface area (Å²) in [6, 6.07) is 7.07. The van der Waals surface area contributed by atoms with Crippen LogP contribution in [0, 0.1) is 0 Å². The van der Waals surface area contributed by atoms with Crippen LogP contribution in [0.4, 0.5) is 0 Å². The van der Waals surface area contributed by atoms with Gasteiger partial charge in [-0.3, -0.25) is 9.80 Å². The summed E-state index contributed by atoms with van der Waals surface area (Å²) in [5, 5.41) is 9.91. The summed E-state index contributed by atoms with van der Waals surface area (Å²) >= 11 is 0. The lowest BCUT2D eigenvalue weighted by atomic mass is 10.1. The molecule has 1 aliphatic heterocycles. The Hall–Kier alpha value is -0.900. The molecule has 1 saturated heterocycles. The van der Waals surface area contributed by atoms with Gasteiger partial charge in [-0.15, -0.1) is 0 Å². The van der Waals surface area contributed by atoms with Crippen LogP contribution in [-0.2, 0) is 19.4 Å². The second-order valence-corrected chi connectivity index (χ2v) is 7.32. The predicted molar refractivity (Wildman–Crippen MR) is 86.5 cm³/mol. The zero-order valence-corrected chi connectivity index (χ0v) is 13.4. The van der Waals surface area contributed by atoms with Gasteiger partial charge in [0, 0.05) is 39.3 Å². The van der Waals surface area contributed by atoms with Gasteiger partial charge in [0.2, 0.25) is 0 Å². The lowest BCUT2D eigenvalue weighted by molar-refractivity contribution is 0.0167. The van der Waals surface area contributed by atoms with Crippen molar-refractivity contribution in [2.24, 2.45) is 0 Å². The normalized spacial score (nSPS) is 20.7. The van der Waals surface area contributed by atoms with Crippen molar-refractivity contribution in [2.45, 2.75) is 45.3 Å². The van der Waals surface area contributed by atoms with Gasteiger partial charge in [0.1, 0.15) is 0 Å². The number of nitrogens with zero attached hydrogens (tertiary/aromatic N) is 2. The fourth-order valence-electron chi connectivity index (χ4n) is 3.63. The third-order valence-electron chi connectivity index (χ3n) is 4.64. The molecule has 0 aromatic heterocycles. The van der Waals surface area contributed by atoms with Crippen LogP contribution >= 0.6 is 0 Å². The first-order chi connectivity index (χ1) is 9.99. The van der Waals surface area contributed by atoms with Crippen molar-refractivity contribution < 1.29 is 5.11 Å². The molecule has 1 aromatic rings. The van der Waals surface area contributed by atoms with Crippen LogP contribution in [0.5, 0.6) is 0 Å². The summed E-state index contributed by atoms with van der Waals surface area (Å²) in [5.74, 6) is 0. The van der Waals surface area contributed by atoms with Crippen molar-refractivity contribution in [3.63, 3.8) is 0 Å². The predicted octanol–water partition coefficient (Wildman–Crippen LogP) is 2.06. The zero-order chi connectivity index (χ0) is 14.9. The van der Waals surface area contributed by atoms with Crippen molar-refractivity contribution >= 4 is 0 Å². The number of aryl methyl sites for hydroxylation is 2. The SMILES string of the molecule is CC(C)(O)CN1CCN(Cc2ccc3c(c2)CCC3)CC1. The summed E-state index contributed by atoms with van der Waals surface area (Å²) in [6.45, 7) is 9.97. The average Bonchev–Trinajstić information content (AvgIpc) is 2.87. The molecule has 0 saturated carbocycles. The molecular formula is C18H28N2O. The van der Waals surface area contributed by atoms with E-state index in [1.54, 1.807) is 11.1 Å². The Balaban J connectivity index is 1.51. The first-order valence-corrected chi connectivity index (χ1v) is 8.27. The van der Waals surface area contributed by atoms with Gasteiger partial charge in [-0.25, -0.2) is 0 Å². The summed E-state index contributed by atoms with van der Waals surface area (Å²) in [7, 11) is 0. The van der Waals surface area contributed by atoms with Crippen LogP contribution in [0.1, 0.15) is 37.0 Å². The Kier molecular flexibility index (Phi) is 4.34. The van der Waals surface area contributed by atoms with E-state index in [1.807, 2.05) is 13.8 Å². The zero-order valence-electron chi connectivity index (χ0n) is 13.4. The van der Waals surface area contributed by atoms with Crippen LogP contribution < -0.4 is 0 Å². The molecule has 3 heteroatoms. The smallest absolute Gasteiger partial charge is 0.0718 e. The van der Waals surface area contributed by atoms with E-state index < -0.39 is 5.60 Å². The van der Waals surface area contributed by atoms with Gasteiger partial charge in [-0.05, 0) is 49.8 Å². The summed E-state index contributed by atoms with van der Waals surface area (Å²) in [5.41, 5.74) is 4.02. The molecule has 0 bridgehead atoms. The Morgan fingerprint density at radius 3 is 2.38 bits per heavy atom. The monoisotopic (exact) mass is 288 g/mol. The maximum Gasteiger partial charge on any atom is 0.0718 e. The molecule has 1 N–H and O–H groups in total. The standard InChI is InChI=1S/C18H28N2O/c1-18(2,21)14-20-10-8-19(9-11-20)13-15-6-7-16-4-3-5-17(16)12-15/h6-7,12,21H,3-5,8-11,13-14H2,1-2H3. The molecule has 0 radical (unpaired) electrons. The van der Waals surface area contributed by atoms with E-state index in [9.17, 15) is 5.11 Å². The first-order valence-electron chi connectivity index (χ1n) is 8.27. The minimum absolute atomic E-state index is 0.581. The van der Waals surface area contributed by atoms with E-state index in [4.69, 9.17) is 0 Å². The molecule has 1 fully saturated rings. The molecular weight excluding hydrogens is 260 g/mol. The highest BCUT2D eigenvalue weighted by molar-refractivity contribution is 5.35. The first kappa shape index (κ1) is 15.0. The molecule has 116 valence electrons. The van der Waals surface area contributed by atoms with Crippen LogP contribution in [0.3, 0.4) is 0 Å². The van der Waals surface area contributed by atoms with Gasteiger partial charge in [0.05, 0.1) is 5.60 Å². The van der Waals surface area contributed by atoms with Gasteiger partial charge in [-0.1, -0.05) is 18.2 Å². The van der Waals surface area contributed by atoms with Crippen LogP contribution in [0.2, 0.25) is 0 Å². The maximum absolute atomic E-state index is 9.91. The lowest BCUT2D eigenvalue weighted by Crippen LogP contribution is -2.50. The number of rotatable bonds is 4. The second-order valence-electron chi connectivity index (χ2n) is 7.32. The van der Waals surface area contributed by atoms with Crippen molar-refractivity contribution in [3.8, 4) is 0 Å². The Labute approximate surface area is 128 Å². The fourth-order valence-corrected chi connectivity index (χ4v) is 3.63. The van der Waals surface area contributed by atoms with E-state index in [0.717, 1.165) is 39.3 Å². The van der Waals surface area contributed by atoms with Gasteiger partial charge < -0.3 is 5.11 Å². The van der Waals surface area contributed by atoms with E-state index >= 15 is 0 Å². The van der Waals surface area contributed by atoms with E-state index in [2.05, 4.69) is 28.0 Å². The molecule has 3 nitrogen and oxygen atoms in total. The van der Waals surface area contributed by atoms with Crippen molar-refractivity contribution in [1.29, 1.82) is 0 Å². The average molecular weight is 288 g/mol. The second kappa shape index (κ2) is 6.07. The third kappa shape index (κ3) is 4.06. The van der Waals surface area contributed by atoms with Crippen molar-refractivity contribution in [1.82, 2.24) is 9.80 Å². The fraction of sp³-hybridized carbons (Fsp3) is 0.667.